The molecule has 0 spiro atoms. The van der Waals surface area contributed by atoms with Gasteiger partial charge in [-0.2, -0.15) is 9.12 Å². The molecular weight excluding hydrogens is 301 g/mol. The molecule has 122 valence electrons. The predicted octanol–water partition coefficient (Wildman–Crippen LogP) is 3.12. The number of methoxy groups -OCH3 is 3. The lowest BCUT2D eigenvalue weighted by Gasteiger charge is -2.13. The van der Waals surface area contributed by atoms with Crippen LogP contribution >= 0.6 is 0 Å². The quantitative estimate of drug-likeness (QED) is 0.627. The van der Waals surface area contributed by atoms with E-state index in [0.717, 1.165) is 0 Å². The molecule has 0 radical (unpaired) electrons. The predicted molar refractivity (Wildman–Crippen MR) is 85.2 cm³/mol. The highest BCUT2D eigenvalue weighted by molar-refractivity contribution is 5.76. The van der Waals surface area contributed by atoms with Gasteiger partial charge in [0.05, 0.1) is 21.3 Å². The van der Waals surface area contributed by atoms with Crippen LogP contribution in [0.25, 0.3) is 11.9 Å². The van der Waals surface area contributed by atoms with Gasteiger partial charge in [-0.3, -0.25) is 0 Å². The fourth-order valence-corrected chi connectivity index (χ4v) is 2.19. The van der Waals surface area contributed by atoms with Crippen LogP contribution < -0.4 is 18.9 Å². The Bertz CT molecular complexity index is 718. The summed E-state index contributed by atoms with van der Waals surface area (Å²) in [6, 6.07) is 7.87. The summed E-state index contributed by atoms with van der Waals surface area (Å²) < 4.78 is 30.7. The van der Waals surface area contributed by atoms with E-state index in [4.69, 9.17) is 14.2 Å². The van der Waals surface area contributed by atoms with Crippen molar-refractivity contribution < 1.29 is 23.3 Å². The molecule has 0 atom stereocenters. The molecule has 2 rings (SSSR count). The Morgan fingerprint density at radius 2 is 1.70 bits per heavy atom. The molecular formula is C17H18FNO4. The Hall–Kier alpha value is -2.76. The maximum absolute atomic E-state index is 14.4. The Morgan fingerprint density at radius 3 is 2.22 bits per heavy atom. The van der Waals surface area contributed by atoms with Crippen molar-refractivity contribution in [2.75, 3.05) is 21.3 Å². The van der Waals surface area contributed by atoms with Crippen molar-refractivity contribution >= 4 is 11.9 Å². The summed E-state index contributed by atoms with van der Waals surface area (Å²) in [7, 11) is 4.45. The molecule has 0 amide bonds. The van der Waals surface area contributed by atoms with Gasteiger partial charge in [-0.25, -0.2) is 0 Å². The smallest absolute Gasteiger partial charge is 0.252 e. The van der Waals surface area contributed by atoms with Gasteiger partial charge < -0.3 is 19.4 Å². The minimum Gasteiger partial charge on any atom is -0.618 e. The number of hydrogen-bond acceptors (Lipinski definition) is 4. The summed E-state index contributed by atoms with van der Waals surface area (Å²) >= 11 is 0. The van der Waals surface area contributed by atoms with Gasteiger partial charge in [0.2, 0.25) is 5.75 Å². The van der Waals surface area contributed by atoms with E-state index in [1.54, 1.807) is 31.2 Å². The Labute approximate surface area is 134 Å². The summed E-state index contributed by atoms with van der Waals surface area (Å²) in [5, 5.41) is 11.9. The van der Waals surface area contributed by atoms with E-state index in [2.05, 4.69) is 0 Å². The second-order valence-electron chi connectivity index (χ2n) is 4.80. The van der Waals surface area contributed by atoms with Crippen LogP contribution in [0.2, 0.25) is 0 Å². The van der Waals surface area contributed by atoms with Crippen molar-refractivity contribution in [1.82, 2.24) is 0 Å². The van der Waals surface area contributed by atoms with Crippen molar-refractivity contribution in [3.05, 3.63) is 52.5 Å². The zero-order valence-corrected chi connectivity index (χ0v) is 13.4. The van der Waals surface area contributed by atoms with Crippen molar-refractivity contribution in [3.63, 3.8) is 0 Å². The normalized spacial score (nSPS) is 11.3. The summed E-state index contributed by atoms with van der Waals surface area (Å²) in [5.74, 6) is 0.579. The van der Waals surface area contributed by atoms with E-state index >= 15 is 0 Å². The molecule has 6 heteroatoms. The van der Waals surface area contributed by atoms with E-state index < -0.39 is 5.83 Å². The third-order valence-corrected chi connectivity index (χ3v) is 3.36. The molecule has 5 nitrogen and oxygen atoms in total. The number of hydrogen-bond donors (Lipinski definition) is 0. The number of aromatic nitrogens is 1. The van der Waals surface area contributed by atoms with Crippen LogP contribution in [0.15, 0.2) is 30.3 Å². The SMILES string of the molecule is COc1cc(/C=C(\F)c2cccc(C)[n+]2[O-])cc(OC)c1OC. The van der Waals surface area contributed by atoms with Crippen LogP contribution in [-0.2, 0) is 0 Å². The maximum Gasteiger partial charge on any atom is 0.252 e. The molecule has 0 bridgehead atoms. The van der Waals surface area contributed by atoms with Crippen LogP contribution in [-0.4, -0.2) is 21.3 Å². The van der Waals surface area contributed by atoms with E-state index in [0.29, 0.717) is 33.2 Å². The maximum atomic E-state index is 14.4. The van der Waals surface area contributed by atoms with Crippen LogP contribution in [0.4, 0.5) is 4.39 Å². The molecule has 2 aromatic rings. The fourth-order valence-electron chi connectivity index (χ4n) is 2.19. The third-order valence-electron chi connectivity index (χ3n) is 3.36. The first kappa shape index (κ1) is 16.6. The van der Waals surface area contributed by atoms with Gasteiger partial charge in [0.15, 0.2) is 23.0 Å². The lowest BCUT2D eigenvalue weighted by molar-refractivity contribution is -0.615. The fraction of sp³-hybridized carbons (Fsp3) is 0.235. The van der Waals surface area contributed by atoms with Gasteiger partial charge in [-0.05, 0) is 29.8 Å². The van der Waals surface area contributed by atoms with E-state index in [-0.39, 0.29) is 5.69 Å². The van der Waals surface area contributed by atoms with Gasteiger partial charge in [-0.1, -0.05) is 0 Å². The van der Waals surface area contributed by atoms with Crippen LogP contribution in [0.5, 0.6) is 17.2 Å². The second-order valence-corrected chi connectivity index (χ2v) is 4.80. The lowest BCUT2D eigenvalue weighted by Crippen LogP contribution is -2.34. The van der Waals surface area contributed by atoms with Gasteiger partial charge >= 0.3 is 0 Å². The van der Waals surface area contributed by atoms with E-state index in [1.807, 2.05) is 0 Å². The molecule has 23 heavy (non-hydrogen) atoms. The first-order valence-electron chi connectivity index (χ1n) is 6.88. The topological polar surface area (TPSA) is 54.6 Å². The van der Waals surface area contributed by atoms with E-state index in [1.165, 1.54) is 33.5 Å². The Morgan fingerprint density at radius 1 is 1.09 bits per heavy atom. The van der Waals surface area contributed by atoms with Crippen LogP contribution in [0.1, 0.15) is 17.0 Å². The lowest BCUT2D eigenvalue weighted by atomic mass is 10.1. The number of benzene rings is 1. The van der Waals surface area contributed by atoms with Crippen LogP contribution in [0.3, 0.4) is 0 Å². The number of aryl methyl sites for hydroxylation is 1. The molecule has 0 aliphatic rings. The zero-order valence-electron chi connectivity index (χ0n) is 13.4. The van der Waals surface area contributed by atoms with E-state index in [9.17, 15) is 9.60 Å². The van der Waals surface area contributed by atoms with Gasteiger partial charge in [-0.15, -0.1) is 0 Å². The first-order valence-corrected chi connectivity index (χ1v) is 6.88. The largest absolute Gasteiger partial charge is 0.618 e. The number of pyridine rings is 1. The van der Waals surface area contributed by atoms with Gasteiger partial charge in [0.25, 0.3) is 5.69 Å². The van der Waals surface area contributed by atoms with Crippen molar-refractivity contribution in [2.45, 2.75) is 6.92 Å². The monoisotopic (exact) mass is 319 g/mol. The number of rotatable bonds is 5. The highest BCUT2D eigenvalue weighted by atomic mass is 19.1. The molecule has 1 aromatic carbocycles. The molecule has 0 unspecified atom stereocenters. The van der Waals surface area contributed by atoms with Gasteiger partial charge in [0, 0.05) is 19.1 Å². The Kier molecular flexibility index (Phi) is 5.05. The molecule has 0 aliphatic heterocycles. The average molecular weight is 319 g/mol. The minimum atomic E-state index is -0.655. The number of halogens is 1. The highest BCUT2D eigenvalue weighted by Gasteiger charge is 2.16. The van der Waals surface area contributed by atoms with Crippen molar-refractivity contribution in [1.29, 1.82) is 0 Å². The molecule has 0 aliphatic carbocycles. The summed E-state index contributed by atoms with van der Waals surface area (Å²) in [5.41, 5.74) is 0.841. The molecule has 0 saturated heterocycles. The standard InChI is InChI=1S/C17H18FNO4/c1-11-6-5-7-14(19(11)20)13(18)8-12-9-15(21-2)17(23-4)16(10-12)22-3/h5-10H,1-4H3/b13-8-. The minimum absolute atomic E-state index is 0.0567. The average Bonchev–Trinajstić information content (AvgIpc) is 2.56. The molecule has 1 heterocycles. The summed E-state index contributed by atoms with van der Waals surface area (Å²) in [6.07, 6.45) is 1.24. The molecule has 1 aromatic heterocycles. The van der Waals surface area contributed by atoms with Crippen molar-refractivity contribution in [3.8, 4) is 17.2 Å². The summed E-state index contributed by atoms with van der Waals surface area (Å²) in [4.78, 5) is 0. The van der Waals surface area contributed by atoms with Crippen LogP contribution in [0, 0.1) is 12.1 Å². The Balaban J connectivity index is 2.51. The first-order chi connectivity index (χ1) is 11.0. The number of nitrogens with zero attached hydrogens (tertiary/aromatic N) is 1. The second kappa shape index (κ2) is 7.00. The molecule has 0 fully saturated rings. The third kappa shape index (κ3) is 3.36. The van der Waals surface area contributed by atoms with Gasteiger partial charge in [0.1, 0.15) is 0 Å². The zero-order chi connectivity index (χ0) is 17.0. The van der Waals surface area contributed by atoms with Crippen molar-refractivity contribution in [2.24, 2.45) is 0 Å². The molecule has 0 N–H and O–H groups in total. The summed E-state index contributed by atoms with van der Waals surface area (Å²) in [6.45, 7) is 1.61. The molecule has 0 saturated carbocycles. The number of ether oxygens (including phenoxy) is 3. The highest BCUT2D eigenvalue weighted by Crippen LogP contribution is 2.39.